The summed E-state index contributed by atoms with van der Waals surface area (Å²) in [6, 6.07) is -1.06. The molecule has 0 aromatic carbocycles. The number of likely N-dealkylation sites (N-methyl/N-ethyl adjacent to an activating group) is 1. The zero-order chi connectivity index (χ0) is 14.3. The van der Waals surface area contributed by atoms with E-state index in [9.17, 15) is 9.59 Å². The minimum Gasteiger partial charge on any atom is -0.462 e. The van der Waals surface area contributed by atoms with Crippen LogP contribution < -0.4 is 5.09 Å². The Morgan fingerprint density at radius 3 is 2.22 bits per heavy atom. The lowest BCUT2D eigenvalue weighted by Crippen LogP contribution is -2.42. The Hall–Kier alpha value is 0.150. The first-order valence-electron chi connectivity index (χ1n) is 5.36. The van der Waals surface area contributed by atoms with Crippen LogP contribution in [0.3, 0.4) is 0 Å². The van der Waals surface area contributed by atoms with Crippen LogP contribution in [0.1, 0.15) is 13.8 Å². The van der Waals surface area contributed by atoms with Gasteiger partial charge in [0.05, 0.1) is 9.47 Å². The Morgan fingerprint density at radius 1 is 1.33 bits per heavy atom. The summed E-state index contributed by atoms with van der Waals surface area (Å²) < 4.78 is 11.3. The molecule has 0 saturated heterocycles. The number of ether oxygens (including phenoxy) is 1. The number of esters is 1. The number of hydrogen-bond donors (Lipinski definition) is 1. The minimum absolute atomic E-state index is 0.0721. The minimum atomic E-state index is -0.695. The van der Waals surface area contributed by atoms with Crippen LogP contribution >= 0.6 is 28.2 Å². The quantitative estimate of drug-likeness (QED) is 0.540. The van der Waals surface area contributed by atoms with Crippen molar-refractivity contribution in [3.63, 3.8) is 0 Å². The lowest BCUT2D eigenvalue weighted by Gasteiger charge is -2.26. The monoisotopic (exact) mass is 314 g/mol. The largest absolute Gasteiger partial charge is 0.462 e. The van der Waals surface area contributed by atoms with E-state index >= 15 is 0 Å². The molecule has 1 N–H and O–H groups in total. The standard InChI is InChI=1S/C9H21N2O4P3/c1-5(2)7(11(3)17)9(13)14-4-6(10-16)8(12)15-18/h5-7,10H,4,16-18H2,1-3H3/t6-,7?/m1/s1. The topological polar surface area (TPSA) is 67.9 Å². The van der Waals surface area contributed by atoms with Gasteiger partial charge in [0.1, 0.15) is 18.7 Å². The summed E-state index contributed by atoms with van der Waals surface area (Å²) in [5, 5.41) is 2.64. The van der Waals surface area contributed by atoms with Crippen LogP contribution in [0.15, 0.2) is 0 Å². The van der Waals surface area contributed by atoms with E-state index in [2.05, 4.69) is 28.4 Å². The SMILES string of the molecule is CC(C)C(C(=O)OC[C@@H](NP)C(=O)OP)N(C)P. The Morgan fingerprint density at radius 2 is 1.89 bits per heavy atom. The molecule has 6 nitrogen and oxygen atoms in total. The molecule has 0 heterocycles. The van der Waals surface area contributed by atoms with Gasteiger partial charge in [0.2, 0.25) is 0 Å². The summed E-state index contributed by atoms with van der Waals surface area (Å²) in [5.41, 5.74) is 0. The Bertz CT molecular complexity index is 281. The molecule has 4 unspecified atom stereocenters. The van der Waals surface area contributed by atoms with Crippen molar-refractivity contribution in [1.82, 2.24) is 9.76 Å². The summed E-state index contributed by atoms with van der Waals surface area (Å²) in [6.07, 6.45) is 0. The number of rotatable bonds is 7. The van der Waals surface area contributed by atoms with Gasteiger partial charge >= 0.3 is 11.9 Å². The number of nitrogens with one attached hydrogen (secondary N) is 1. The molecule has 0 aromatic rings. The predicted octanol–water partition coefficient (Wildman–Crippen LogP) is 0.358. The van der Waals surface area contributed by atoms with E-state index in [4.69, 9.17) is 4.74 Å². The lowest BCUT2D eigenvalue weighted by molar-refractivity contribution is -0.151. The second-order valence-corrected chi connectivity index (χ2v) is 5.52. The number of carbonyl (C=O) groups is 2. The molecule has 0 radical (unpaired) electrons. The molecule has 0 saturated carbocycles. The fraction of sp³-hybridized carbons (Fsp3) is 0.778. The van der Waals surface area contributed by atoms with E-state index in [0.29, 0.717) is 0 Å². The third-order valence-electron chi connectivity index (χ3n) is 2.31. The van der Waals surface area contributed by atoms with Gasteiger partial charge in [-0.2, -0.15) is 0 Å². The average Bonchev–Trinajstić information content (AvgIpc) is 2.28. The number of hydrogen-bond acceptors (Lipinski definition) is 6. The summed E-state index contributed by atoms with van der Waals surface area (Å²) in [4.78, 5) is 23.2. The fourth-order valence-corrected chi connectivity index (χ4v) is 2.29. The molecule has 5 atom stereocenters. The van der Waals surface area contributed by atoms with Gasteiger partial charge in [-0.05, 0) is 13.0 Å². The second kappa shape index (κ2) is 9.12. The molecule has 0 amide bonds. The van der Waals surface area contributed by atoms with E-state index in [0.717, 1.165) is 0 Å². The van der Waals surface area contributed by atoms with Crippen LogP contribution in [-0.2, 0) is 18.8 Å². The Kier molecular flexibility index (Phi) is 9.19. The van der Waals surface area contributed by atoms with E-state index in [-0.39, 0.29) is 24.5 Å². The molecule has 9 heteroatoms. The van der Waals surface area contributed by atoms with Gasteiger partial charge in [-0.1, -0.05) is 32.6 Å². The molecule has 0 aliphatic heterocycles. The van der Waals surface area contributed by atoms with Crippen molar-refractivity contribution in [3.05, 3.63) is 0 Å². The zero-order valence-corrected chi connectivity index (χ0v) is 14.2. The maximum absolute atomic E-state index is 11.9. The number of nitrogens with zero attached hydrogens (tertiary/aromatic N) is 1. The third-order valence-corrected chi connectivity index (χ3v) is 3.26. The van der Waals surface area contributed by atoms with Crippen LogP contribution in [0.4, 0.5) is 0 Å². The highest BCUT2D eigenvalue weighted by Crippen LogP contribution is 2.14. The van der Waals surface area contributed by atoms with Gasteiger partial charge in [-0.25, -0.2) is 0 Å². The molecule has 0 fully saturated rings. The van der Waals surface area contributed by atoms with E-state index in [1.54, 1.807) is 11.7 Å². The molecule has 0 rings (SSSR count). The van der Waals surface area contributed by atoms with Crippen LogP contribution in [0.5, 0.6) is 0 Å². The summed E-state index contributed by atoms with van der Waals surface area (Å²) >= 11 is 0. The van der Waals surface area contributed by atoms with Crippen molar-refractivity contribution in [2.75, 3.05) is 13.7 Å². The second-order valence-electron chi connectivity index (χ2n) is 4.14. The highest BCUT2D eigenvalue weighted by atomic mass is 31.0. The molecule has 0 spiro atoms. The van der Waals surface area contributed by atoms with Crippen molar-refractivity contribution in [2.24, 2.45) is 5.92 Å². The van der Waals surface area contributed by atoms with Crippen molar-refractivity contribution in [3.8, 4) is 0 Å². The first-order valence-corrected chi connectivity index (χ1v) is 6.92. The van der Waals surface area contributed by atoms with E-state index in [1.165, 1.54) is 0 Å². The van der Waals surface area contributed by atoms with Crippen molar-refractivity contribution in [1.29, 1.82) is 0 Å². The fourth-order valence-electron chi connectivity index (χ4n) is 1.43. The lowest BCUT2D eigenvalue weighted by atomic mass is 10.1. The maximum atomic E-state index is 11.9. The van der Waals surface area contributed by atoms with Crippen LogP contribution in [0.25, 0.3) is 0 Å². The first kappa shape index (κ1) is 18.1. The summed E-state index contributed by atoms with van der Waals surface area (Å²) in [7, 11) is 8.28. The molecule has 18 heavy (non-hydrogen) atoms. The molecule has 0 aliphatic carbocycles. The van der Waals surface area contributed by atoms with Crippen LogP contribution in [0.2, 0.25) is 0 Å². The van der Waals surface area contributed by atoms with Crippen molar-refractivity contribution in [2.45, 2.75) is 25.9 Å². The van der Waals surface area contributed by atoms with Gasteiger partial charge in [-0.15, -0.1) is 0 Å². The smallest absolute Gasteiger partial charge is 0.329 e. The van der Waals surface area contributed by atoms with Gasteiger partial charge < -0.3 is 9.26 Å². The van der Waals surface area contributed by atoms with Crippen molar-refractivity contribution >= 4 is 40.2 Å². The molecular formula is C9H21N2O4P3. The zero-order valence-electron chi connectivity index (χ0n) is 10.8. The highest BCUT2D eigenvalue weighted by molar-refractivity contribution is 7.14. The first-order chi connectivity index (χ1) is 8.34. The molecule has 0 aliphatic rings. The summed E-state index contributed by atoms with van der Waals surface area (Å²) in [6.45, 7) is 3.78. The van der Waals surface area contributed by atoms with Gasteiger partial charge in [-0.3, -0.25) is 19.3 Å². The van der Waals surface area contributed by atoms with Crippen molar-refractivity contribution < 1.29 is 18.8 Å². The van der Waals surface area contributed by atoms with Gasteiger partial charge in [0, 0.05) is 0 Å². The molecular weight excluding hydrogens is 293 g/mol. The van der Waals surface area contributed by atoms with E-state index < -0.39 is 12.0 Å². The van der Waals surface area contributed by atoms with Crippen LogP contribution in [-0.4, -0.2) is 42.3 Å². The normalized spacial score (nSPS) is 14.4. The average molecular weight is 314 g/mol. The Balaban J connectivity index is 4.42. The Labute approximate surface area is 115 Å². The predicted molar refractivity (Wildman–Crippen MR) is 79.5 cm³/mol. The summed E-state index contributed by atoms with van der Waals surface area (Å²) in [5.74, 6) is -0.775. The van der Waals surface area contributed by atoms with E-state index in [1.807, 2.05) is 23.3 Å². The maximum Gasteiger partial charge on any atom is 0.329 e. The van der Waals surface area contributed by atoms with Crippen LogP contribution in [0, 0.1) is 5.92 Å². The number of carbonyl (C=O) groups excluding carboxylic acids is 2. The van der Waals surface area contributed by atoms with Gasteiger partial charge in [0.15, 0.2) is 0 Å². The molecule has 0 bridgehead atoms. The third kappa shape index (κ3) is 5.86. The van der Waals surface area contributed by atoms with Gasteiger partial charge in [0.25, 0.3) is 0 Å². The molecule has 106 valence electrons. The highest BCUT2D eigenvalue weighted by Gasteiger charge is 2.28. The molecule has 0 aromatic heterocycles.